The van der Waals surface area contributed by atoms with E-state index >= 15 is 0 Å². The monoisotopic (exact) mass is 519 g/mol. The van der Waals surface area contributed by atoms with Crippen molar-refractivity contribution in [3.63, 3.8) is 0 Å². The van der Waals surface area contributed by atoms with Crippen LogP contribution >= 0.6 is 0 Å². The number of anilines is 1. The van der Waals surface area contributed by atoms with Crippen LogP contribution in [-0.4, -0.2) is 26.3 Å². The summed E-state index contributed by atoms with van der Waals surface area (Å²) in [7, 11) is 0. The number of halogens is 3. The summed E-state index contributed by atoms with van der Waals surface area (Å²) in [6, 6.07) is 12.1. The average Bonchev–Trinajstić information content (AvgIpc) is 3.30. The van der Waals surface area contributed by atoms with Gasteiger partial charge in [0.15, 0.2) is 11.3 Å². The van der Waals surface area contributed by atoms with E-state index in [1.807, 2.05) is 38.1 Å². The lowest BCUT2D eigenvalue weighted by Crippen LogP contribution is -2.35. The minimum absolute atomic E-state index is 0.0756. The van der Waals surface area contributed by atoms with Gasteiger partial charge in [-0.15, -0.1) is 0 Å². The maximum atomic E-state index is 13.5. The highest BCUT2D eigenvalue weighted by atomic mass is 19.4. The summed E-state index contributed by atoms with van der Waals surface area (Å²) in [5, 5.41) is 10.2. The normalized spacial score (nSPS) is 11.5. The Bertz CT molecular complexity index is 1610. The molecule has 192 valence electrons. The van der Waals surface area contributed by atoms with E-state index in [1.54, 1.807) is 0 Å². The molecule has 3 heterocycles. The highest BCUT2D eigenvalue weighted by molar-refractivity contribution is 6.04. The van der Waals surface area contributed by atoms with Crippen molar-refractivity contribution in [1.82, 2.24) is 20.2 Å². The van der Waals surface area contributed by atoms with Gasteiger partial charge in [0, 0.05) is 34.1 Å². The second-order valence-electron chi connectivity index (χ2n) is 8.49. The van der Waals surface area contributed by atoms with Crippen LogP contribution in [0.4, 0.5) is 29.5 Å². The molecule has 0 unspecified atom stereocenters. The van der Waals surface area contributed by atoms with Crippen molar-refractivity contribution in [1.29, 1.82) is 0 Å². The quantitative estimate of drug-likeness (QED) is 0.290. The van der Waals surface area contributed by atoms with Gasteiger partial charge in [0.1, 0.15) is 6.33 Å². The number of amides is 2. The van der Waals surface area contributed by atoms with Gasteiger partial charge in [0.25, 0.3) is 0 Å². The zero-order chi connectivity index (χ0) is 26.9. The van der Waals surface area contributed by atoms with Gasteiger partial charge in [-0.3, -0.25) is 9.78 Å². The van der Waals surface area contributed by atoms with Crippen LogP contribution in [-0.2, 0) is 12.7 Å². The third kappa shape index (κ3) is 5.28. The first kappa shape index (κ1) is 24.8. The van der Waals surface area contributed by atoms with Crippen molar-refractivity contribution >= 4 is 28.5 Å². The van der Waals surface area contributed by atoms with Gasteiger partial charge < -0.3 is 15.2 Å². The topological polar surface area (TPSA) is 112 Å². The molecule has 0 aliphatic carbocycles. The molecule has 12 heteroatoms. The highest BCUT2D eigenvalue weighted by Crippen LogP contribution is 2.36. The van der Waals surface area contributed by atoms with Crippen LogP contribution in [0, 0.1) is 13.8 Å². The van der Waals surface area contributed by atoms with Crippen LogP contribution in [0.25, 0.3) is 27.3 Å². The van der Waals surface area contributed by atoms with Crippen LogP contribution in [0.15, 0.2) is 71.8 Å². The van der Waals surface area contributed by atoms with Crippen molar-refractivity contribution in [3.05, 3.63) is 95.1 Å². The Kier molecular flexibility index (Phi) is 6.45. The number of benzene rings is 2. The first-order chi connectivity index (χ1) is 18.2. The molecule has 9 nitrogen and oxygen atoms in total. The molecule has 38 heavy (non-hydrogen) atoms. The Morgan fingerprint density at radius 1 is 1.05 bits per heavy atom. The molecule has 0 fully saturated rings. The lowest BCUT2D eigenvalue weighted by molar-refractivity contribution is -0.754. The van der Waals surface area contributed by atoms with Crippen molar-refractivity contribution < 1.29 is 27.2 Å². The number of nitrogens with zero attached hydrogens (tertiary/aromatic N) is 6. The fourth-order valence-electron chi connectivity index (χ4n) is 4.10. The predicted octanol–water partition coefficient (Wildman–Crippen LogP) is 5.89. The fourth-order valence-corrected chi connectivity index (χ4v) is 4.10. The maximum absolute atomic E-state index is 13.5. The van der Waals surface area contributed by atoms with Gasteiger partial charge >= 0.3 is 6.18 Å². The Labute approximate surface area is 214 Å². The SMILES string of the molecule is Cc1ncnc(C)c1-c1ccc(C[n+]2cc([N-]C(=O)Nc3cc(C(F)(F)F)c4ncccc4c3)on2)cc1. The molecule has 2 aromatic carbocycles. The van der Waals surface area contributed by atoms with E-state index in [1.165, 1.54) is 41.6 Å². The third-order valence-electron chi connectivity index (χ3n) is 5.79. The molecule has 0 bridgehead atoms. The van der Waals surface area contributed by atoms with Crippen LogP contribution in [0.2, 0.25) is 0 Å². The third-order valence-corrected chi connectivity index (χ3v) is 5.79. The summed E-state index contributed by atoms with van der Waals surface area (Å²) in [5.74, 6) is -0.106. The molecule has 0 spiro atoms. The van der Waals surface area contributed by atoms with Gasteiger partial charge in [-0.1, -0.05) is 30.3 Å². The standard InChI is InChI=1S/C26H20F3N7O2/c1-15-23(16(2)32-14-31-15)18-7-5-17(6-8-18)12-36-13-22(38-35-36)34-25(37)33-20-10-19-4-3-9-30-24(19)21(11-20)26(27,28)29/h3-11,13-14H,12H2,1-2H3,(H-,33,34,35,37). The summed E-state index contributed by atoms with van der Waals surface area (Å²) in [5.41, 5.74) is 3.41. The molecule has 0 saturated heterocycles. The molecular formula is C26H20F3N7O2. The van der Waals surface area contributed by atoms with Gasteiger partial charge in [-0.25, -0.2) is 9.97 Å². The molecule has 3 aromatic heterocycles. The Morgan fingerprint density at radius 2 is 1.79 bits per heavy atom. The number of carbonyl (C=O) groups excluding carboxylic acids is 1. The molecule has 0 aliphatic heterocycles. The summed E-state index contributed by atoms with van der Waals surface area (Å²) in [6.07, 6.45) is -0.422. The number of hydrogen-bond donors (Lipinski definition) is 1. The molecule has 0 aliphatic rings. The van der Waals surface area contributed by atoms with Gasteiger partial charge in [-0.05, 0) is 48.0 Å². The van der Waals surface area contributed by atoms with Crippen molar-refractivity contribution in [2.45, 2.75) is 26.6 Å². The highest BCUT2D eigenvalue weighted by Gasteiger charge is 2.33. The van der Waals surface area contributed by atoms with E-state index in [0.717, 1.165) is 34.1 Å². The second kappa shape index (κ2) is 9.88. The number of fused-ring (bicyclic) bond motifs is 1. The zero-order valence-electron chi connectivity index (χ0n) is 20.2. The number of pyridine rings is 1. The lowest BCUT2D eigenvalue weighted by Gasteiger charge is -2.17. The van der Waals surface area contributed by atoms with Crippen LogP contribution in [0.5, 0.6) is 0 Å². The summed E-state index contributed by atoms with van der Waals surface area (Å²) in [6.45, 7) is 4.20. The fraction of sp³-hybridized carbons (Fsp3) is 0.154. The van der Waals surface area contributed by atoms with Crippen LogP contribution < -0.4 is 10.00 Å². The molecule has 5 rings (SSSR count). The van der Waals surface area contributed by atoms with Crippen LogP contribution in [0.3, 0.4) is 0 Å². The molecule has 0 atom stereocenters. The van der Waals surface area contributed by atoms with E-state index in [-0.39, 0.29) is 22.5 Å². The minimum Gasteiger partial charge on any atom is -0.424 e. The molecule has 1 N–H and O–H groups in total. The predicted molar refractivity (Wildman–Crippen MR) is 132 cm³/mol. The van der Waals surface area contributed by atoms with E-state index < -0.39 is 17.8 Å². The molecule has 5 aromatic rings. The van der Waals surface area contributed by atoms with Gasteiger partial charge in [0.2, 0.25) is 18.6 Å². The number of hydrogen-bond acceptors (Lipinski definition) is 6. The summed E-state index contributed by atoms with van der Waals surface area (Å²) >= 11 is 0. The number of alkyl halides is 3. The number of aryl methyl sites for hydroxylation is 2. The largest absolute Gasteiger partial charge is 0.424 e. The zero-order valence-corrected chi connectivity index (χ0v) is 20.2. The van der Waals surface area contributed by atoms with Gasteiger partial charge in [0.05, 0.1) is 11.1 Å². The van der Waals surface area contributed by atoms with Crippen LogP contribution in [0.1, 0.15) is 22.5 Å². The summed E-state index contributed by atoms with van der Waals surface area (Å²) in [4.78, 5) is 24.7. The van der Waals surface area contributed by atoms with E-state index in [2.05, 4.69) is 30.9 Å². The Balaban J connectivity index is 1.26. The average molecular weight is 519 g/mol. The molecule has 0 saturated carbocycles. The van der Waals surface area contributed by atoms with E-state index in [4.69, 9.17) is 4.52 Å². The first-order valence-corrected chi connectivity index (χ1v) is 11.4. The Hall–Kier alpha value is -4.87. The van der Waals surface area contributed by atoms with Crippen molar-refractivity contribution in [3.8, 4) is 11.1 Å². The lowest BCUT2D eigenvalue weighted by atomic mass is 10.0. The number of aromatic nitrogens is 5. The smallest absolute Gasteiger partial charge is 0.418 e. The van der Waals surface area contributed by atoms with Crippen molar-refractivity contribution in [2.24, 2.45) is 0 Å². The molecule has 2 amide bonds. The first-order valence-electron chi connectivity index (χ1n) is 11.4. The van der Waals surface area contributed by atoms with E-state index in [0.29, 0.717) is 6.54 Å². The van der Waals surface area contributed by atoms with E-state index in [9.17, 15) is 18.0 Å². The Morgan fingerprint density at radius 3 is 2.50 bits per heavy atom. The maximum Gasteiger partial charge on any atom is 0.418 e. The number of rotatable bonds is 5. The molecule has 0 radical (unpaired) electrons. The molecular weight excluding hydrogens is 499 g/mol. The number of carbonyl (C=O) groups is 1. The van der Waals surface area contributed by atoms with Gasteiger partial charge in [-0.2, -0.15) is 13.2 Å². The number of nitrogens with one attached hydrogen (secondary N) is 1. The minimum atomic E-state index is -4.65. The summed E-state index contributed by atoms with van der Waals surface area (Å²) < 4.78 is 47.0. The van der Waals surface area contributed by atoms with Crippen molar-refractivity contribution in [2.75, 3.05) is 5.32 Å². The second-order valence-corrected chi connectivity index (χ2v) is 8.49. The number of urea groups is 1.